The molecule has 4 nitrogen and oxygen atoms in total. The van der Waals surface area contributed by atoms with Crippen LogP contribution in [0.25, 0.3) is 0 Å². The second kappa shape index (κ2) is 6.38. The number of hydrogen-bond donors (Lipinski definition) is 0. The van der Waals surface area contributed by atoms with Crippen LogP contribution >= 0.6 is 0 Å². The van der Waals surface area contributed by atoms with Gasteiger partial charge in [-0.05, 0) is 18.2 Å². The molecule has 114 valence electrons. The lowest BCUT2D eigenvalue weighted by Crippen LogP contribution is -2.21. The molecule has 0 bridgehead atoms. The van der Waals surface area contributed by atoms with Gasteiger partial charge in [-0.1, -0.05) is 0 Å². The topological polar surface area (TPSA) is 52.6 Å². The number of rotatable bonds is 4. The molecule has 0 N–H and O–H groups in total. The van der Waals surface area contributed by atoms with Gasteiger partial charge >= 0.3 is 11.9 Å². The SMILES string of the molecule is COC(=O)C(=CC(F)(F)c1ccc(F)c(F)c1)C(=O)OC. The maximum absolute atomic E-state index is 13.9. The molecule has 0 amide bonds. The van der Waals surface area contributed by atoms with Crippen LogP contribution in [0.1, 0.15) is 5.56 Å². The number of allylic oxidation sites excluding steroid dienone is 1. The van der Waals surface area contributed by atoms with Crippen LogP contribution in [0, 0.1) is 11.6 Å². The molecule has 8 heteroatoms. The van der Waals surface area contributed by atoms with Crippen molar-refractivity contribution < 1.29 is 36.6 Å². The summed E-state index contributed by atoms with van der Waals surface area (Å²) < 4.78 is 61.9. The lowest BCUT2D eigenvalue weighted by Gasteiger charge is -2.14. The van der Waals surface area contributed by atoms with Gasteiger partial charge in [0.2, 0.25) is 0 Å². The summed E-state index contributed by atoms with van der Waals surface area (Å²) in [4.78, 5) is 22.6. The number of carbonyl (C=O) groups excluding carboxylic acids is 2. The van der Waals surface area contributed by atoms with Crippen LogP contribution in [0.4, 0.5) is 17.6 Å². The van der Waals surface area contributed by atoms with Crippen molar-refractivity contribution in [1.82, 2.24) is 0 Å². The quantitative estimate of drug-likeness (QED) is 0.282. The molecular formula is C13H10F4O4. The van der Waals surface area contributed by atoms with E-state index in [-0.39, 0.29) is 12.1 Å². The van der Waals surface area contributed by atoms with Gasteiger partial charge in [0.05, 0.1) is 14.2 Å². The Morgan fingerprint density at radius 2 is 1.57 bits per heavy atom. The second-order valence-electron chi connectivity index (χ2n) is 3.79. The average molecular weight is 306 g/mol. The summed E-state index contributed by atoms with van der Waals surface area (Å²) in [5.41, 5.74) is -2.00. The predicted molar refractivity (Wildman–Crippen MR) is 62.4 cm³/mol. The first-order chi connectivity index (χ1) is 9.72. The number of esters is 2. The van der Waals surface area contributed by atoms with Crippen LogP contribution in [0.3, 0.4) is 0 Å². The third-order valence-electron chi connectivity index (χ3n) is 2.44. The van der Waals surface area contributed by atoms with Gasteiger partial charge in [0.1, 0.15) is 5.57 Å². The van der Waals surface area contributed by atoms with Gasteiger partial charge in [0.25, 0.3) is 5.92 Å². The van der Waals surface area contributed by atoms with Crippen molar-refractivity contribution in [2.24, 2.45) is 0 Å². The fourth-order valence-electron chi connectivity index (χ4n) is 1.39. The van der Waals surface area contributed by atoms with Gasteiger partial charge in [0, 0.05) is 11.6 Å². The molecule has 0 aliphatic heterocycles. The number of carbonyl (C=O) groups is 2. The van der Waals surface area contributed by atoms with E-state index in [0.29, 0.717) is 12.1 Å². The number of halogens is 4. The van der Waals surface area contributed by atoms with Crippen molar-refractivity contribution in [2.45, 2.75) is 5.92 Å². The van der Waals surface area contributed by atoms with E-state index in [1.807, 2.05) is 0 Å². The Kier molecular flexibility index (Phi) is 5.07. The largest absolute Gasteiger partial charge is 0.465 e. The third kappa shape index (κ3) is 3.80. The van der Waals surface area contributed by atoms with Gasteiger partial charge in [-0.25, -0.2) is 18.4 Å². The van der Waals surface area contributed by atoms with Gasteiger partial charge in [-0.3, -0.25) is 0 Å². The van der Waals surface area contributed by atoms with E-state index in [4.69, 9.17) is 0 Å². The molecule has 0 aromatic heterocycles. The number of alkyl halides is 2. The molecular weight excluding hydrogens is 296 g/mol. The minimum absolute atomic E-state index is 0.0304. The third-order valence-corrected chi connectivity index (χ3v) is 2.44. The fourth-order valence-corrected chi connectivity index (χ4v) is 1.39. The van der Waals surface area contributed by atoms with E-state index >= 15 is 0 Å². The molecule has 0 aliphatic rings. The summed E-state index contributed by atoms with van der Waals surface area (Å²) in [5, 5.41) is 0. The summed E-state index contributed by atoms with van der Waals surface area (Å²) in [6.45, 7) is 0. The molecule has 21 heavy (non-hydrogen) atoms. The fraction of sp³-hybridized carbons (Fsp3) is 0.231. The highest BCUT2D eigenvalue weighted by molar-refractivity contribution is 6.14. The zero-order valence-corrected chi connectivity index (χ0v) is 11.0. The molecule has 0 saturated heterocycles. The first-order valence-corrected chi connectivity index (χ1v) is 5.45. The first-order valence-electron chi connectivity index (χ1n) is 5.45. The average Bonchev–Trinajstić information content (AvgIpc) is 2.45. The van der Waals surface area contributed by atoms with Crippen molar-refractivity contribution >= 4 is 11.9 Å². The van der Waals surface area contributed by atoms with Crippen molar-refractivity contribution in [3.63, 3.8) is 0 Å². The zero-order chi connectivity index (χ0) is 16.2. The van der Waals surface area contributed by atoms with Crippen molar-refractivity contribution in [3.05, 3.63) is 47.0 Å². The van der Waals surface area contributed by atoms with E-state index in [1.54, 1.807) is 0 Å². The van der Waals surface area contributed by atoms with Crippen LogP contribution in [-0.2, 0) is 25.0 Å². The van der Waals surface area contributed by atoms with Crippen LogP contribution < -0.4 is 0 Å². The normalized spacial score (nSPS) is 10.8. The van der Waals surface area contributed by atoms with Crippen molar-refractivity contribution in [2.75, 3.05) is 14.2 Å². The maximum Gasteiger partial charge on any atom is 0.345 e. The molecule has 0 heterocycles. The van der Waals surface area contributed by atoms with E-state index in [1.165, 1.54) is 0 Å². The van der Waals surface area contributed by atoms with Crippen LogP contribution in [0.15, 0.2) is 29.8 Å². The van der Waals surface area contributed by atoms with Crippen LogP contribution in [0.2, 0.25) is 0 Å². The van der Waals surface area contributed by atoms with E-state index < -0.39 is 40.6 Å². The Morgan fingerprint density at radius 3 is 2.00 bits per heavy atom. The minimum Gasteiger partial charge on any atom is -0.465 e. The molecule has 0 saturated carbocycles. The number of hydrogen-bond acceptors (Lipinski definition) is 4. The number of ether oxygens (including phenoxy) is 2. The summed E-state index contributed by atoms with van der Waals surface area (Å²) in [5.74, 6) is -9.39. The summed E-state index contributed by atoms with van der Waals surface area (Å²) in [6.07, 6.45) is -0.0304. The predicted octanol–water partition coefficient (Wildman–Crippen LogP) is 2.33. The Labute approximate surface area is 117 Å². The zero-order valence-electron chi connectivity index (χ0n) is 11.0. The summed E-state index contributed by atoms with van der Waals surface area (Å²) >= 11 is 0. The van der Waals surface area contributed by atoms with E-state index in [9.17, 15) is 27.2 Å². The number of benzene rings is 1. The van der Waals surface area contributed by atoms with E-state index in [0.717, 1.165) is 14.2 Å². The second-order valence-corrected chi connectivity index (χ2v) is 3.79. The Bertz CT molecular complexity index is 578. The number of methoxy groups -OCH3 is 2. The lowest BCUT2D eigenvalue weighted by molar-refractivity contribution is -0.144. The first kappa shape index (κ1) is 16.7. The molecule has 0 unspecified atom stereocenters. The molecule has 1 aromatic rings. The summed E-state index contributed by atoms with van der Waals surface area (Å²) in [7, 11) is 1.77. The lowest BCUT2D eigenvalue weighted by atomic mass is 10.0. The standard InChI is InChI=1S/C13H10F4O4/c1-20-11(18)8(12(19)21-2)6-13(16,17)7-3-4-9(14)10(15)5-7/h3-6H,1-2H3. The van der Waals surface area contributed by atoms with E-state index in [2.05, 4.69) is 9.47 Å². The highest BCUT2D eigenvalue weighted by atomic mass is 19.3. The van der Waals surface area contributed by atoms with Gasteiger partial charge in [-0.2, -0.15) is 8.78 Å². The molecule has 0 radical (unpaired) electrons. The van der Waals surface area contributed by atoms with Gasteiger partial charge in [0.15, 0.2) is 11.6 Å². The Balaban J connectivity index is 3.31. The smallest absolute Gasteiger partial charge is 0.345 e. The molecule has 0 fully saturated rings. The minimum atomic E-state index is -3.91. The molecule has 0 spiro atoms. The Morgan fingerprint density at radius 1 is 1.05 bits per heavy atom. The molecule has 1 rings (SSSR count). The van der Waals surface area contributed by atoms with Crippen molar-refractivity contribution in [1.29, 1.82) is 0 Å². The Hall–Kier alpha value is -2.38. The highest BCUT2D eigenvalue weighted by Gasteiger charge is 2.34. The van der Waals surface area contributed by atoms with Crippen molar-refractivity contribution in [3.8, 4) is 0 Å². The molecule has 0 aliphatic carbocycles. The van der Waals surface area contributed by atoms with Crippen LogP contribution in [-0.4, -0.2) is 26.2 Å². The monoisotopic (exact) mass is 306 g/mol. The summed E-state index contributed by atoms with van der Waals surface area (Å²) in [6, 6.07) is 1.39. The molecule has 1 aromatic carbocycles. The van der Waals surface area contributed by atoms with Gasteiger partial charge in [-0.15, -0.1) is 0 Å². The van der Waals surface area contributed by atoms with Gasteiger partial charge < -0.3 is 9.47 Å². The highest BCUT2D eigenvalue weighted by Crippen LogP contribution is 2.32. The van der Waals surface area contributed by atoms with Crippen LogP contribution in [0.5, 0.6) is 0 Å². The molecule has 0 atom stereocenters. The maximum atomic E-state index is 13.9.